The zero-order valence-electron chi connectivity index (χ0n) is 12.5. The third kappa shape index (κ3) is 3.48. The Morgan fingerprint density at radius 1 is 1.21 bits per heavy atom. The van der Waals surface area contributed by atoms with E-state index in [0.717, 1.165) is 31.7 Å². The molecule has 19 heavy (non-hydrogen) atoms. The minimum atomic E-state index is 0.0802. The van der Waals surface area contributed by atoms with E-state index < -0.39 is 0 Å². The summed E-state index contributed by atoms with van der Waals surface area (Å²) < 4.78 is 11.8. The molecule has 1 aromatic rings. The zero-order valence-corrected chi connectivity index (χ0v) is 12.5. The lowest BCUT2D eigenvalue weighted by atomic mass is 10.0. The van der Waals surface area contributed by atoms with Gasteiger partial charge in [-0.3, -0.25) is 0 Å². The average Bonchev–Trinajstić information content (AvgIpc) is 2.39. The summed E-state index contributed by atoms with van der Waals surface area (Å²) in [5, 5.41) is 3.36. The van der Waals surface area contributed by atoms with Gasteiger partial charge in [-0.15, -0.1) is 0 Å². The second kappa shape index (κ2) is 6.40. The molecule has 3 heteroatoms. The van der Waals surface area contributed by atoms with Gasteiger partial charge >= 0.3 is 0 Å². The molecule has 106 valence electrons. The number of piperidine rings is 1. The number of rotatable bonds is 4. The Bertz CT molecular complexity index is 425. The van der Waals surface area contributed by atoms with E-state index in [4.69, 9.17) is 9.47 Å². The molecule has 0 bridgehead atoms. The molecule has 1 aromatic carbocycles. The smallest absolute Gasteiger partial charge is 0.127 e. The van der Waals surface area contributed by atoms with Crippen molar-refractivity contribution in [3.63, 3.8) is 0 Å². The van der Waals surface area contributed by atoms with E-state index >= 15 is 0 Å². The summed E-state index contributed by atoms with van der Waals surface area (Å²) in [6.45, 7) is 8.45. The first kappa shape index (κ1) is 14.4. The molecule has 0 spiro atoms. The van der Waals surface area contributed by atoms with Gasteiger partial charge < -0.3 is 14.8 Å². The molecule has 1 N–H and O–H groups in total. The van der Waals surface area contributed by atoms with Gasteiger partial charge in [-0.05, 0) is 58.3 Å². The highest BCUT2D eigenvalue weighted by atomic mass is 16.5. The van der Waals surface area contributed by atoms with Crippen molar-refractivity contribution in [1.82, 2.24) is 5.32 Å². The van der Waals surface area contributed by atoms with Crippen molar-refractivity contribution in [2.24, 2.45) is 0 Å². The molecule has 1 fully saturated rings. The van der Waals surface area contributed by atoms with Crippen LogP contribution in [0.4, 0.5) is 0 Å². The molecule has 1 saturated heterocycles. The van der Waals surface area contributed by atoms with Gasteiger partial charge in [-0.2, -0.15) is 0 Å². The molecule has 0 amide bonds. The van der Waals surface area contributed by atoms with Crippen molar-refractivity contribution in [3.8, 4) is 5.75 Å². The van der Waals surface area contributed by atoms with Crippen LogP contribution in [0.15, 0.2) is 12.1 Å². The summed E-state index contributed by atoms with van der Waals surface area (Å²) >= 11 is 0. The number of hydrogen-bond donors (Lipinski definition) is 1. The van der Waals surface area contributed by atoms with Crippen LogP contribution in [-0.4, -0.2) is 26.3 Å². The summed E-state index contributed by atoms with van der Waals surface area (Å²) in [5.41, 5.74) is 3.60. The van der Waals surface area contributed by atoms with Gasteiger partial charge in [-0.1, -0.05) is 11.6 Å². The SMILES string of the molecule is COc1c(C)cc(C)cc1C(C)OC1CCNCC1. The van der Waals surface area contributed by atoms with Gasteiger partial charge in [0.2, 0.25) is 0 Å². The molecule has 0 radical (unpaired) electrons. The second-order valence-corrected chi connectivity index (χ2v) is 5.43. The summed E-state index contributed by atoms with van der Waals surface area (Å²) in [7, 11) is 1.73. The molecule has 0 aliphatic carbocycles. The minimum absolute atomic E-state index is 0.0802. The Morgan fingerprint density at radius 3 is 2.53 bits per heavy atom. The Hall–Kier alpha value is -1.06. The van der Waals surface area contributed by atoms with Crippen LogP contribution in [0.2, 0.25) is 0 Å². The highest BCUT2D eigenvalue weighted by Gasteiger charge is 2.20. The van der Waals surface area contributed by atoms with E-state index in [2.05, 4.69) is 38.2 Å². The third-order valence-electron chi connectivity index (χ3n) is 3.77. The lowest BCUT2D eigenvalue weighted by Crippen LogP contribution is -2.33. The summed E-state index contributed by atoms with van der Waals surface area (Å²) in [4.78, 5) is 0. The number of benzene rings is 1. The van der Waals surface area contributed by atoms with Crippen molar-refractivity contribution in [2.45, 2.75) is 45.8 Å². The predicted octanol–water partition coefficient (Wildman–Crippen LogP) is 3.14. The van der Waals surface area contributed by atoms with Crippen LogP contribution >= 0.6 is 0 Å². The van der Waals surface area contributed by atoms with E-state index in [-0.39, 0.29) is 6.10 Å². The van der Waals surface area contributed by atoms with Crippen LogP contribution in [0.1, 0.15) is 42.6 Å². The molecule has 3 nitrogen and oxygen atoms in total. The van der Waals surface area contributed by atoms with Gasteiger partial charge in [0.05, 0.1) is 19.3 Å². The van der Waals surface area contributed by atoms with E-state index in [1.807, 2.05) is 0 Å². The molecule has 1 heterocycles. The first-order valence-corrected chi connectivity index (χ1v) is 7.13. The van der Waals surface area contributed by atoms with Gasteiger partial charge in [-0.25, -0.2) is 0 Å². The van der Waals surface area contributed by atoms with Crippen LogP contribution in [0.5, 0.6) is 5.75 Å². The van der Waals surface area contributed by atoms with E-state index in [9.17, 15) is 0 Å². The Balaban J connectivity index is 2.15. The Morgan fingerprint density at radius 2 is 1.89 bits per heavy atom. The first-order chi connectivity index (χ1) is 9.11. The van der Waals surface area contributed by atoms with Gasteiger partial charge in [0.25, 0.3) is 0 Å². The van der Waals surface area contributed by atoms with Crippen molar-refractivity contribution in [1.29, 1.82) is 0 Å². The topological polar surface area (TPSA) is 30.5 Å². The molecule has 0 aromatic heterocycles. The molecule has 2 rings (SSSR count). The van der Waals surface area contributed by atoms with Crippen LogP contribution in [0.3, 0.4) is 0 Å². The molecule has 1 aliphatic rings. The maximum absolute atomic E-state index is 6.21. The van der Waals surface area contributed by atoms with Gasteiger partial charge in [0.1, 0.15) is 5.75 Å². The lowest BCUT2D eigenvalue weighted by molar-refractivity contribution is -0.0196. The predicted molar refractivity (Wildman–Crippen MR) is 77.9 cm³/mol. The second-order valence-electron chi connectivity index (χ2n) is 5.43. The number of methoxy groups -OCH3 is 1. The van der Waals surface area contributed by atoms with Crippen molar-refractivity contribution < 1.29 is 9.47 Å². The zero-order chi connectivity index (χ0) is 13.8. The summed E-state index contributed by atoms with van der Waals surface area (Å²) in [6.07, 6.45) is 2.63. The van der Waals surface area contributed by atoms with Crippen LogP contribution < -0.4 is 10.1 Å². The molecule has 1 aliphatic heterocycles. The normalized spacial score (nSPS) is 18.3. The molecule has 1 unspecified atom stereocenters. The van der Waals surface area contributed by atoms with Crippen molar-refractivity contribution in [3.05, 3.63) is 28.8 Å². The van der Waals surface area contributed by atoms with Crippen LogP contribution in [0, 0.1) is 13.8 Å². The van der Waals surface area contributed by atoms with Crippen LogP contribution in [0.25, 0.3) is 0 Å². The maximum Gasteiger partial charge on any atom is 0.127 e. The molecule has 1 atom stereocenters. The standard InChI is InChI=1S/C16H25NO2/c1-11-9-12(2)16(18-4)15(10-11)13(3)19-14-5-7-17-8-6-14/h9-10,13-14,17H,5-8H2,1-4H3. The summed E-state index contributed by atoms with van der Waals surface area (Å²) in [6, 6.07) is 4.33. The fraction of sp³-hybridized carbons (Fsp3) is 0.625. The molecular formula is C16H25NO2. The van der Waals surface area contributed by atoms with Gasteiger partial charge in [0.15, 0.2) is 0 Å². The lowest BCUT2D eigenvalue weighted by Gasteiger charge is -2.27. The number of hydrogen-bond acceptors (Lipinski definition) is 3. The Kier molecular flexibility index (Phi) is 4.83. The monoisotopic (exact) mass is 263 g/mol. The van der Waals surface area contributed by atoms with Crippen molar-refractivity contribution >= 4 is 0 Å². The fourth-order valence-electron chi connectivity index (χ4n) is 2.86. The van der Waals surface area contributed by atoms with Crippen molar-refractivity contribution in [2.75, 3.05) is 20.2 Å². The van der Waals surface area contributed by atoms with E-state index in [1.54, 1.807) is 7.11 Å². The number of aryl methyl sites for hydroxylation is 2. The molecule has 0 saturated carbocycles. The highest BCUT2D eigenvalue weighted by Crippen LogP contribution is 2.33. The van der Waals surface area contributed by atoms with Crippen LogP contribution in [-0.2, 0) is 4.74 Å². The molecular weight excluding hydrogens is 238 g/mol. The van der Waals surface area contributed by atoms with E-state index in [1.165, 1.54) is 16.7 Å². The fourth-order valence-corrected chi connectivity index (χ4v) is 2.86. The number of ether oxygens (including phenoxy) is 2. The largest absolute Gasteiger partial charge is 0.496 e. The average molecular weight is 263 g/mol. The minimum Gasteiger partial charge on any atom is -0.496 e. The van der Waals surface area contributed by atoms with Gasteiger partial charge in [0, 0.05) is 5.56 Å². The highest BCUT2D eigenvalue weighted by molar-refractivity contribution is 5.44. The van der Waals surface area contributed by atoms with E-state index in [0.29, 0.717) is 6.10 Å². The third-order valence-corrected chi connectivity index (χ3v) is 3.77. The number of nitrogens with one attached hydrogen (secondary N) is 1. The maximum atomic E-state index is 6.21. The Labute approximate surface area is 116 Å². The summed E-state index contributed by atoms with van der Waals surface area (Å²) in [5.74, 6) is 0.965. The first-order valence-electron chi connectivity index (χ1n) is 7.13. The quantitative estimate of drug-likeness (QED) is 0.905.